The number of rotatable bonds is 6. The van der Waals surface area contributed by atoms with Crippen molar-refractivity contribution in [2.75, 3.05) is 33.7 Å². The summed E-state index contributed by atoms with van der Waals surface area (Å²) in [5, 5.41) is 8.67. The Morgan fingerprint density at radius 2 is 2.24 bits per heavy atom. The van der Waals surface area contributed by atoms with Crippen LogP contribution in [0.4, 0.5) is 0 Å². The fraction of sp³-hybridized carbons (Fsp3) is 0.588. The number of thiophene rings is 1. The molecule has 0 radical (unpaired) electrons. The molecule has 1 aromatic rings. The average Bonchev–Trinajstić information content (AvgIpc) is 3.27. The highest BCUT2D eigenvalue weighted by Gasteiger charge is 2.25. The van der Waals surface area contributed by atoms with Crippen LogP contribution in [0.5, 0.6) is 0 Å². The molecule has 1 aliphatic heterocycles. The molecule has 138 valence electrons. The minimum atomic E-state index is -0.0496. The van der Waals surface area contributed by atoms with Crippen LogP contribution in [0.15, 0.2) is 22.5 Å². The van der Waals surface area contributed by atoms with E-state index in [-0.39, 0.29) is 24.4 Å². The van der Waals surface area contributed by atoms with Gasteiger partial charge in [-0.25, -0.2) is 4.99 Å². The number of nitrogens with zero attached hydrogens (tertiary/aromatic N) is 3. The van der Waals surface area contributed by atoms with Gasteiger partial charge in [-0.15, -0.1) is 11.3 Å². The molecule has 1 fully saturated rings. The summed E-state index contributed by atoms with van der Waals surface area (Å²) >= 11 is 1.67. The van der Waals surface area contributed by atoms with E-state index < -0.39 is 0 Å². The van der Waals surface area contributed by atoms with Crippen LogP contribution in [-0.2, 0) is 16.1 Å². The fourth-order valence-electron chi connectivity index (χ4n) is 2.55. The molecule has 0 bridgehead atoms. The predicted octanol–water partition coefficient (Wildman–Crippen LogP) is 0.882. The summed E-state index contributed by atoms with van der Waals surface area (Å²) in [5.41, 5.74) is 0. The van der Waals surface area contributed by atoms with E-state index >= 15 is 0 Å². The molecule has 1 aromatic heterocycles. The number of carbonyl (C=O) groups is 2. The second-order valence-electron chi connectivity index (χ2n) is 6.21. The minimum Gasteiger partial charge on any atom is -0.352 e. The van der Waals surface area contributed by atoms with Gasteiger partial charge in [-0.2, -0.15) is 0 Å². The van der Waals surface area contributed by atoms with E-state index in [9.17, 15) is 9.59 Å². The maximum atomic E-state index is 11.8. The maximum absolute atomic E-state index is 11.8. The largest absolute Gasteiger partial charge is 0.352 e. The lowest BCUT2D eigenvalue weighted by Crippen LogP contribution is -2.45. The van der Waals surface area contributed by atoms with Gasteiger partial charge in [0.25, 0.3) is 0 Å². The number of carbonyl (C=O) groups excluding carboxylic acids is 2. The Morgan fingerprint density at radius 3 is 2.88 bits per heavy atom. The molecule has 8 heteroatoms. The first-order valence-corrected chi connectivity index (χ1v) is 9.42. The molecule has 0 aliphatic carbocycles. The van der Waals surface area contributed by atoms with Crippen LogP contribution in [0.1, 0.15) is 24.6 Å². The number of guanidine groups is 1. The van der Waals surface area contributed by atoms with Gasteiger partial charge in [-0.3, -0.25) is 9.59 Å². The average molecular weight is 366 g/mol. The van der Waals surface area contributed by atoms with Crippen molar-refractivity contribution in [3.8, 4) is 0 Å². The van der Waals surface area contributed by atoms with E-state index in [1.807, 2.05) is 23.3 Å². The lowest BCUT2D eigenvalue weighted by molar-refractivity contribution is -0.130. The molecule has 0 spiro atoms. The van der Waals surface area contributed by atoms with Gasteiger partial charge < -0.3 is 20.4 Å². The molecular weight excluding hydrogens is 338 g/mol. The van der Waals surface area contributed by atoms with Crippen molar-refractivity contribution in [1.82, 2.24) is 20.4 Å². The molecule has 2 heterocycles. The maximum Gasteiger partial charge on any atom is 0.243 e. The molecule has 2 rings (SSSR count). The quantitative estimate of drug-likeness (QED) is 0.580. The van der Waals surface area contributed by atoms with Gasteiger partial charge in [0, 0.05) is 44.5 Å². The number of likely N-dealkylation sites (N-methyl/N-ethyl adjacent to an activating group) is 1. The minimum absolute atomic E-state index is 0.0496. The second kappa shape index (κ2) is 9.41. The van der Waals surface area contributed by atoms with Crippen molar-refractivity contribution >= 4 is 29.1 Å². The lowest BCUT2D eigenvalue weighted by atomic mass is 10.3. The zero-order valence-electron chi connectivity index (χ0n) is 15.1. The summed E-state index contributed by atoms with van der Waals surface area (Å²) in [6.45, 7) is 4.07. The first-order valence-electron chi connectivity index (χ1n) is 8.54. The number of likely N-dealkylation sites (tertiary alicyclic amines) is 1. The molecule has 2 amide bonds. The summed E-state index contributed by atoms with van der Waals surface area (Å²) in [7, 11) is 3.43. The van der Waals surface area contributed by atoms with Crippen molar-refractivity contribution in [3.05, 3.63) is 22.4 Å². The van der Waals surface area contributed by atoms with Crippen molar-refractivity contribution < 1.29 is 9.59 Å². The van der Waals surface area contributed by atoms with Gasteiger partial charge in [0.05, 0.1) is 6.54 Å². The molecule has 0 aromatic carbocycles. The van der Waals surface area contributed by atoms with Crippen LogP contribution in [0, 0.1) is 0 Å². The van der Waals surface area contributed by atoms with E-state index in [1.165, 1.54) is 9.78 Å². The third-order valence-corrected chi connectivity index (χ3v) is 4.94. The van der Waals surface area contributed by atoms with Crippen LogP contribution in [-0.4, -0.2) is 67.3 Å². The van der Waals surface area contributed by atoms with E-state index in [4.69, 9.17) is 0 Å². The first kappa shape index (κ1) is 19.2. The summed E-state index contributed by atoms with van der Waals surface area (Å²) in [5.74, 6) is 0.739. The third-order valence-electron chi connectivity index (χ3n) is 4.07. The first-order chi connectivity index (χ1) is 12.0. The van der Waals surface area contributed by atoms with Crippen molar-refractivity contribution in [3.63, 3.8) is 0 Å². The topological polar surface area (TPSA) is 77.0 Å². The van der Waals surface area contributed by atoms with Crippen LogP contribution < -0.4 is 10.6 Å². The molecular formula is C17H27N5O2S. The molecule has 25 heavy (non-hydrogen) atoms. The molecule has 0 saturated carbocycles. The second-order valence-corrected chi connectivity index (χ2v) is 7.24. The molecule has 1 aliphatic rings. The van der Waals surface area contributed by atoms with E-state index in [1.54, 1.807) is 25.4 Å². The molecule has 7 nitrogen and oxygen atoms in total. The van der Waals surface area contributed by atoms with Crippen LogP contribution in [0.2, 0.25) is 0 Å². The molecule has 1 saturated heterocycles. The molecule has 1 atom stereocenters. The fourth-order valence-corrected chi connectivity index (χ4v) is 3.19. The third kappa shape index (κ3) is 6.04. The highest BCUT2D eigenvalue weighted by atomic mass is 32.1. The number of hydrogen-bond acceptors (Lipinski definition) is 4. The van der Waals surface area contributed by atoms with Crippen LogP contribution >= 0.6 is 11.3 Å². The van der Waals surface area contributed by atoms with E-state index in [0.717, 1.165) is 13.0 Å². The monoisotopic (exact) mass is 365 g/mol. The zero-order chi connectivity index (χ0) is 18.2. The van der Waals surface area contributed by atoms with E-state index in [0.29, 0.717) is 25.5 Å². The Hall–Kier alpha value is -2.09. The van der Waals surface area contributed by atoms with Crippen LogP contribution in [0.3, 0.4) is 0 Å². The smallest absolute Gasteiger partial charge is 0.243 e. The Kier molecular flexibility index (Phi) is 7.24. The lowest BCUT2D eigenvalue weighted by Gasteiger charge is -2.19. The van der Waals surface area contributed by atoms with Gasteiger partial charge in [-0.05, 0) is 17.9 Å². The van der Waals surface area contributed by atoms with Crippen LogP contribution in [0.25, 0.3) is 0 Å². The summed E-state index contributed by atoms with van der Waals surface area (Å²) < 4.78 is 0. The number of hydrogen-bond donors (Lipinski definition) is 2. The highest BCUT2D eigenvalue weighted by Crippen LogP contribution is 2.11. The summed E-state index contributed by atoms with van der Waals surface area (Å²) in [4.78, 5) is 32.6. The Balaban J connectivity index is 1.94. The van der Waals surface area contributed by atoms with Crippen molar-refractivity contribution in [2.24, 2.45) is 4.99 Å². The Labute approximate surface area is 153 Å². The Morgan fingerprint density at radius 1 is 1.44 bits per heavy atom. The SMILES string of the molecule is CCC(=O)N1CCC(NC(=NCC(=O)N(C)C)NCc2cccs2)C1. The van der Waals surface area contributed by atoms with Gasteiger partial charge in [0.1, 0.15) is 6.54 Å². The van der Waals surface area contributed by atoms with Crippen molar-refractivity contribution in [2.45, 2.75) is 32.4 Å². The van der Waals surface area contributed by atoms with Gasteiger partial charge in [-0.1, -0.05) is 13.0 Å². The summed E-state index contributed by atoms with van der Waals surface area (Å²) in [6.07, 6.45) is 1.41. The van der Waals surface area contributed by atoms with E-state index in [2.05, 4.69) is 21.7 Å². The number of nitrogens with one attached hydrogen (secondary N) is 2. The normalized spacial score (nSPS) is 17.5. The highest BCUT2D eigenvalue weighted by molar-refractivity contribution is 7.09. The standard InChI is InChI=1S/C17H27N5O2S/c1-4-15(23)22-8-7-13(12-22)20-17(19-11-16(24)21(2)3)18-10-14-6-5-9-25-14/h5-6,9,13H,4,7-8,10-12H2,1-3H3,(H2,18,19,20). The molecule has 2 N–H and O–H groups in total. The zero-order valence-corrected chi connectivity index (χ0v) is 15.9. The van der Waals surface area contributed by atoms with Gasteiger partial charge in [0.2, 0.25) is 11.8 Å². The Bertz CT molecular complexity index is 600. The van der Waals surface area contributed by atoms with Gasteiger partial charge >= 0.3 is 0 Å². The van der Waals surface area contributed by atoms with Gasteiger partial charge in [0.15, 0.2) is 5.96 Å². The van der Waals surface area contributed by atoms with Crippen molar-refractivity contribution in [1.29, 1.82) is 0 Å². The predicted molar refractivity (Wildman–Crippen MR) is 101 cm³/mol. The molecule has 1 unspecified atom stereocenters. The number of aliphatic imine (C=N–C) groups is 1. The number of amides is 2. The summed E-state index contributed by atoms with van der Waals surface area (Å²) in [6, 6.07) is 4.21.